The third-order valence-corrected chi connectivity index (χ3v) is 4.98. The molecule has 2 heterocycles. The normalized spacial score (nSPS) is 13.2. The molecule has 0 aromatic carbocycles. The molecule has 2 aromatic rings. The van der Waals surface area contributed by atoms with Gasteiger partial charge in [0.05, 0.1) is 22.2 Å². The Bertz CT molecular complexity index is 893. The van der Waals surface area contributed by atoms with Crippen molar-refractivity contribution >= 4 is 22.9 Å². The zero-order valence-electron chi connectivity index (χ0n) is 18.2. The van der Waals surface area contributed by atoms with Crippen molar-refractivity contribution in [1.82, 2.24) is 19.7 Å². The average Bonchev–Trinajstić information content (AvgIpc) is 2.94. The summed E-state index contributed by atoms with van der Waals surface area (Å²) in [6.45, 7) is 15.5. The van der Waals surface area contributed by atoms with Crippen molar-refractivity contribution in [1.29, 1.82) is 0 Å². The number of carbonyl (C=O) groups is 2. The Balaban J connectivity index is 2.79. The van der Waals surface area contributed by atoms with E-state index in [-0.39, 0.29) is 30.0 Å². The Labute approximate surface area is 166 Å². The molecule has 1 amide bonds. The van der Waals surface area contributed by atoms with Crippen LogP contribution >= 0.6 is 0 Å². The smallest absolute Gasteiger partial charge is 0.323 e. The van der Waals surface area contributed by atoms with Gasteiger partial charge in [0.1, 0.15) is 6.54 Å². The summed E-state index contributed by atoms with van der Waals surface area (Å²) in [5.74, 6) is -1.19. The lowest BCUT2D eigenvalue weighted by atomic mass is 10.0. The minimum atomic E-state index is -1.02. The fraction of sp³-hybridized carbons (Fsp3) is 0.619. The summed E-state index contributed by atoms with van der Waals surface area (Å²) in [7, 11) is 0. The number of aryl methyl sites for hydroxylation is 1. The molecule has 2 aromatic heterocycles. The Morgan fingerprint density at radius 2 is 1.86 bits per heavy atom. The molecule has 1 unspecified atom stereocenters. The molecule has 7 nitrogen and oxygen atoms in total. The van der Waals surface area contributed by atoms with Crippen LogP contribution in [0.25, 0.3) is 11.0 Å². The highest BCUT2D eigenvalue weighted by atomic mass is 16.4. The van der Waals surface area contributed by atoms with Gasteiger partial charge in [0.2, 0.25) is 0 Å². The largest absolute Gasteiger partial charge is 0.480 e. The predicted molar refractivity (Wildman–Crippen MR) is 110 cm³/mol. The van der Waals surface area contributed by atoms with Crippen LogP contribution in [0, 0.1) is 6.92 Å². The number of fused-ring (bicyclic) bond motifs is 1. The Kier molecular flexibility index (Phi) is 6.16. The van der Waals surface area contributed by atoms with Crippen molar-refractivity contribution in [3.8, 4) is 0 Å². The predicted octanol–water partition coefficient (Wildman–Crippen LogP) is 3.94. The molecule has 1 atom stereocenters. The first-order valence-electron chi connectivity index (χ1n) is 9.81. The Hall–Kier alpha value is -2.44. The number of hydrogen-bond acceptors (Lipinski definition) is 4. The molecule has 0 spiro atoms. The van der Waals surface area contributed by atoms with Crippen molar-refractivity contribution in [3.05, 3.63) is 23.0 Å². The van der Waals surface area contributed by atoms with Crippen molar-refractivity contribution in [2.24, 2.45) is 0 Å². The van der Waals surface area contributed by atoms with E-state index in [2.05, 4.69) is 5.10 Å². The van der Waals surface area contributed by atoms with E-state index in [9.17, 15) is 14.7 Å². The zero-order valence-corrected chi connectivity index (χ0v) is 18.2. The molecule has 154 valence electrons. The van der Waals surface area contributed by atoms with Gasteiger partial charge in [0, 0.05) is 11.7 Å². The highest BCUT2D eigenvalue weighted by Crippen LogP contribution is 2.30. The number of carbonyl (C=O) groups excluding carboxylic acids is 1. The average molecular weight is 389 g/mol. The lowest BCUT2D eigenvalue weighted by molar-refractivity contribution is -0.138. The minimum absolute atomic E-state index is 0.121. The summed E-state index contributed by atoms with van der Waals surface area (Å²) in [4.78, 5) is 31.1. The van der Waals surface area contributed by atoms with Gasteiger partial charge in [-0.1, -0.05) is 20.8 Å². The maximum absolute atomic E-state index is 13.5. The van der Waals surface area contributed by atoms with Gasteiger partial charge in [-0.15, -0.1) is 0 Å². The second kappa shape index (κ2) is 7.89. The van der Waals surface area contributed by atoms with E-state index in [1.807, 2.05) is 60.1 Å². The summed E-state index contributed by atoms with van der Waals surface area (Å²) in [6.07, 6.45) is 0.671. The molecule has 2 rings (SSSR count). The second-order valence-electron chi connectivity index (χ2n) is 8.70. The van der Waals surface area contributed by atoms with Crippen LogP contribution in [0.3, 0.4) is 0 Å². The molecule has 7 heteroatoms. The van der Waals surface area contributed by atoms with Crippen LogP contribution in [0.4, 0.5) is 0 Å². The molecule has 0 saturated heterocycles. The number of carboxylic acid groups (broad SMARTS) is 1. The topological polar surface area (TPSA) is 88.3 Å². The first-order chi connectivity index (χ1) is 12.9. The number of hydrogen-bond donors (Lipinski definition) is 1. The van der Waals surface area contributed by atoms with Crippen molar-refractivity contribution in [2.75, 3.05) is 6.54 Å². The first kappa shape index (κ1) is 21.9. The van der Waals surface area contributed by atoms with Gasteiger partial charge >= 0.3 is 5.97 Å². The van der Waals surface area contributed by atoms with Gasteiger partial charge in [-0.05, 0) is 53.0 Å². The van der Waals surface area contributed by atoms with Crippen LogP contribution in [0.2, 0.25) is 0 Å². The van der Waals surface area contributed by atoms with E-state index in [1.54, 1.807) is 6.07 Å². The SMILES string of the molecule is CCC(C)N(CC(=O)O)C(=O)c1cc(C(C)C)nc2c1c(C)nn2C(C)(C)C. The number of aliphatic carboxylic acids is 1. The van der Waals surface area contributed by atoms with Crippen molar-refractivity contribution < 1.29 is 14.7 Å². The summed E-state index contributed by atoms with van der Waals surface area (Å²) < 4.78 is 1.85. The van der Waals surface area contributed by atoms with Crippen LogP contribution in [0.15, 0.2) is 6.07 Å². The standard InChI is InChI=1S/C21H32N4O3/c1-9-13(4)24(11-17(26)27)20(28)15-10-16(12(2)3)22-19-18(15)14(5)23-25(19)21(6,7)8/h10,12-13H,9,11H2,1-8H3,(H,26,27). The molecule has 0 aliphatic heterocycles. The zero-order chi connectivity index (χ0) is 21.4. The number of rotatable bonds is 6. The maximum Gasteiger partial charge on any atom is 0.323 e. The molecule has 28 heavy (non-hydrogen) atoms. The van der Waals surface area contributed by atoms with Crippen LogP contribution in [-0.2, 0) is 10.3 Å². The van der Waals surface area contributed by atoms with Crippen molar-refractivity contribution in [2.45, 2.75) is 79.3 Å². The van der Waals surface area contributed by atoms with Crippen LogP contribution < -0.4 is 0 Å². The highest BCUT2D eigenvalue weighted by Gasteiger charge is 2.29. The molecule has 0 radical (unpaired) electrons. The Morgan fingerprint density at radius 3 is 2.32 bits per heavy atom. The van der Waals surface area contributed by atoms with E-state index in [1.165, 1.54) is 4.90 Å². The molecule has 0 aliphatic rings. The van der Waals surface area contributed by atoms with E-state index in [4.69, 9.17) is 4.98 Å². The van der Waals surface area contributed by atoms with Gasteiger partial charge < -0.3 is 10.0 Å². The molecular weight excluding hydrogens is 356 g/mol. The van der Waals surface area contributed by atoms with Gasteiger partial charge in [0.15, 0.2) is 5.65 Å². The third-order valence-electron chi connectivity index (χ3n) is 4.98. The van der Waals surface area contributed by atoms with Crippen LogP contribution in [-0.4, -0.2) is 49.2 Å². The fourth-order valence-corrected chi connectivity index (χ4v) is 3.19. The van der Waals surface area contributed by atoms with Crippen molar-refractivity contribution in [3.63, 3.8) is 0 Å². The van der Waals surface area contributed by atoms with Gasteiger partial charge in [-0.2, -0.15) is 5.10 Å². The third kappa shape index (κ3) is 4.18. The number of carboxylic acids is 1. The van der Waals surface area contributed by atoms with E-state index < -0.39 is 5.97 Å². The van der Waals surface area contributed by atoms with Gasteiger partial charge in [-0.3, -0.25) is 9.59 Å². The minimum Gasteiger partial charge on any atom is -0.480 e. The van der Waals surface area contributed by atoms with Gasteiger partial charge in [0.25, 0.3) is 5.91 Å². The molecule has 0 bridgehead atoms. The summed E-state index contributed by atoms with van der Waals surface area (Å²) in [5.41, 5.74) is 2.35. The highest BCUT2D eigenvalue weighted by molar-refractivity contribution is 6.07. The lowest BCUT2D eigenvalue weighted by Gasteiger charge is -2.27. The molecule has 0 saturated carbocycles. The van der Waals surface area contributed by atoms with Gasteiger partial charge in [-0.25, -0.2) is 9.67 Å². The van der Waals surface area contributed by atoms with E-state index in [0.29, 0.717) is 23.0 Å². The fourth-order valence-electron chi connectivity index (χ4n) is 3.19. The van der Waals surface area contributed by atoms with E-state index >= 15 is 0 Å². The molecular formula is C21H32N4O3. The van der Waals surface area contributed by atoms with E-state index in [0.717, 1.165) is 11.4 Å². The lowest BCUT2D eigenvalue weighted by Crippen LogP contribution is -2.42. The second-order valence-corrected chi connectivity index (χ2v) is 8.70. The molecule has 0 aliphatic carbocycles. The summed E-state index contributed by atoms with van der Waals surface area (Å²) >= 11 is 0. The summed E-state index contributed by atoms with van der Waals surface area (Å²) in [6, 6.07) is 1.61. The van der Waals surface area contributed by atoms with Crippen LogP contribution in [0.5, 0.6) is 0 Å². The quantitative estimate of drug-likeness (QED) is 0.809. The monoisotopic (exact) mass is 388 g/mol. The maximum atomic E-state index is 13.5. The molecule has 1 N–H and O–H groups in total. The van der Waals surface area contributed by atoms with Crippen LogP contribution in [0.1, 0.15) is 82.6 Å². The molecule has 0 fully saturated rings. The number of nitrogens with zero attached hydrogens (tertiary/aromatic N) is 4. The first-order valence-corrected chi connectivity index (χ1v) is 9.81. The number of pyridine rings is 1. The number of aromatic nitrogens is 3. The summed E-state index contributed by atoms with van der Waals surface area (Å²) in [5, 5.41) is 14.7. The number of amides is 1. The Morgan fingerprint density at radius 1 is 1.25 bits per heavy atom.